The summed E-state index contributed by atoms with van der Waals surface area (Å²) in [6.45, 7) is 4.85. The van der Waals surface area contributed by atoms with Gasteiger partial charge in [-0.05, 0) is 25.0 Å². The fourth-order valence-electron chi connectivity index (χ4n) is 1.84. The lowest BCUT2D eigenvalue weighted by atomic mass is 10.0. The third kappa shape index (κ3) is 5.18. The van der Waals surface area contributed by atoms with E-state index in [0.717, 1.165) is 17.7 Å². The molecule has 1 heterocycles. The van der Waals surface area contributed by atoms with Crippen LogP contribution in [0.2, 0.25) is 0 Å². The monoisotopic (exact) mass is 236 g/mol. The quantitative estimate of drug-likeness (QED) is 0.703. The van der Waals surface area contributed by atoms with E-state index in [1.54, 1.807) is 6.20 Å². The topological polar surface area (TPSA) is 48.1 Å². The highest BCUT2D eigenvalue weighted by Crippen LogP contribution is 2.20. The molecule has 0 radical (unpaired) electrons. The fraction of sp³-hybridized carbons (Fsp3) is 0.643. The van der Waals surface area contributed by atoms with Crippen molar-refractivity contribution in [2.45, 2.75) is 52.0 Å². The van der Waals surface area contributed by atoms with Crippen LogP contribution in [0.25, 0.3) is 0 Å². The molecule has 0 bridgehead atoms. The second-order valence-corrected chi connectivity index (χ2v) is 4.34. The number of hydrogen-bond donors (Lipinski definition) is 1. The molecule has 1 aromatic heterocycles. The zero-order valence-electron chi connectivity index (χ0n) is 11.0. The van der Waals surface area contributed by atoms with E-state index in [2.05, 4.69) is 11.9 Å². The minimum absolute atomic E-state index is 0.0831. The summed E-state index contributed by atoms with van der Waals surface area (Å²) in [5, 5.41) is 0. The minimum atomic E-state index is 0.0831. The molecule has 1 atom stereocenters. The van der Waals surface area contributed by atoms with Crippen LogP contribution < -0.4 is 10.5 Å². The molecular weight excluding hydrogens is 212 g/mol. The largest absolute Gasteiger partial charge is 0.492 e. The van der Waals surface area contributed by atoms with Gasteiger partial charge in [-0.1, -0.05) is 32.6 Å². The third-order valence-corrected chi connectivity index (χ3v) is 2.84. The molecule has 0 aromatic carbocycles. The highest BCUT2D eigenvalue weighted by Gasteiger charge is 2.07. The highest BCUT2D eigenvalue weighted by atomic mass is 16.5. The standard InChI is InChI=1S/C14H24N2O/c1-3-5-6-7-8-14(15)12-9-13(17-4-2)11-16-10-12/h9-11,14H,3-8,15H2,1-2H3. The summed E-state index contributed by atoms with van der Waals surface area (Å²) < 4.78 is 5.42. The maximum atomic E-state index is 6.15. The lowest BCUT2D eigenvalue weighted by Gasteiger charge is -2.12. The van der Waals surface area contributed by atoms with Gasteiger partial charge in [-0.15, -0.1) is 0 Å². The first kappa shape index (κ1) is 14.0. The predicted octanol–water partition coefficient (Wildman–Crippen LogP) is 3.45. The van der Waals surface area contributed by atoms with Crippen molar-refractivity contribution in [1.29, 1.82) is 0 Å². The lowest BCUT2D eigenvalue weighted by molar-refractivity contribution is 0.338. The molecule has 2 N–H and O–H groups in total. The van der Waals surface area contributed by atoms with Crippen molar-refractivity contribution in [3.63, 3.8) is 0 Å². The Morgan fingerprint density at radius 1 is 1.24 bits per heavy atom. The molecule has 1 unspecified atom stereocenters. The molecule has 96 valence electrons. The van der Waals surface area contributed by atoms with E-state index in [0.29, 0.717) is 6.61 Å². The van der Waals surface area contributed by atoms with Gasteiger partial charge in [-0.25, -0.2) is 0 Å². The van der Waals surface area contributed by atoms with E-state index >= 15 is 0 Å². The van der Waals surface area contributed by atoms with Gasteiger partial charge < -0.3 is 10.5 Å². The van der Waals surface area contributed by atoms with Crippen LogP contribution in [0, 0.1) is 0 Å². The number of rotatable bonds is 8. The predicted molar refractivity (Wildman–Crippen MR) is 71.1 cm³/mol. The first-order chi connectivity index (χ1) is 8.27. The van der Waals surface area contributed by atoms with Crippen LogP contribution in [0.1, 0.15) is 57.6 Å². The highest BCUT2D eigenvalue weighted by molar-refractivity contribution is 5.25. The van der Waals surface area contributed by atoms with E-state index < -0.39 is 0 Å². The summed E-state index contributed by atoms with van der Waals surface area (Å²) in [5.74, 6) is 0.814. The molecule has 0 aliphatic rings. The van der Waals surface area contributed by atoms with Gasteiger partial charge in [0.05, 0.1) is 12.8 Å². The summed E-state index contributed by atoms with van der Waals surface area (Å²) in [4.78, 5) is 4.16. The van der Waals surface area contributed by atoms with Crippen LogP contribution >= 0.6 is 0 Å². The number of pyridine rings is 1. The smallest absolute Gasteiger partial charge is 0.137 e. The van der Waals surface area contributed by atoms with Gasteiger partial charge in [-0.2, -0.15) is 0 Å². The van der Waals surface area contributed by atoms with E-state index in [9.17, 15) is 0 Å². The van der Waals surface area contributed by atoms with Gasteiger partial charge in [0.2, 0.25) is 0 Å². The van der Waals surface area contributed by atoms with E-state index in [-0.39, 0.29) is 6.04 Å². The first-order valence-electron chi connectivity index (χ1n) is 6.61. The molecule has 0 aliphatic heterocycles. The summed E-state index contributed by atoms with van der Waals surface area (Å²) in [6.07, 6.45) is 9.61. The normalized spacial score (nSPS) is 12.4. The Labute approximate surface area is 104 Å². The molecule has 0 amide bonds. The Balaban J connectivity index is 2.44. The van der Waals surface area contributed by atoms with Crippen molar-refractivity contribution in [3.05, 3.63) is 24.0 Å². The van der Waals surface area contributed by atoms with Crippen molar-refractivity contribution in [2.75, 3.05) is 6.61 Å². The average Bonchev–Trinajstić information content (AvgIpc) is 2.35. The Bertz CT molecular complexity index is 315. The number of ether oxygens (including phenoxy) is 1. The van der Waals surface area contributed by atoms with Crippen molar-refractivity contribution in [1.82, 2.24) is 4.98 Å². The molecule has 0 fully saturated rings. The Kier molecular flexibility index (Phi) is 6.63. The van der Waals surface area contributed by atoms with Gasteiger partial charge in [0.15, 0.2) is 0 Å². The molecule has 3 nitrogen and oxygen atoms in total. The molecule has 1 aromatic rings. The summed E-state index contributed by atoms with van der Waals surface area (Å²) in [7, 11) is 0. The van der Waals surface area contributed by atoms with Crippen LogP contribution in [0.4, 0.5) is 0 Å². The van der Waals surface area contributed by atoms with Crippen LogP contribution in [-0.4, -0.2) is 11.6 Å². The van der Waals surface area contributed by atoms with Crippen LogP contribution in [0.15, 0.2) is 18.5 Å². The summed E-state index contributed by atoms with van der Waals surface area (Å²) in [5.41, 5.74) is 7.22. The van der Waals surface area contributed by atoms with Gasteiger partial charge in [-0.3, -0.25) is 4.98 Å². The van der Waals surface area contributed by atoms with E-state index in [1.165, 1.54) is 25.7 Å². The first-order valence-corrected chi connectivity index (χ1v) is 6.61. The molecular formula is C14H24N2O. The maximum Gasteiger partial charge on any atom is 0.137 e. The number of unbranched alkanes of at least 4 members (excludes halogenated alkanes) is 3. The van der Waals surface area contributed by atoms with Crippen LogP contribution in [-0.2, 0) is 0 Å². The Morgan fingerprint density at radius 2 is 2.06 bits per heavy atom. The maximum absolute atomic E-state index is 6.15. The van der Waals surface area contributed by atoms with E-state index in [1.807, 2.05) is 19.2 Å². The molecule has 0 spiro atoms. The number of hydrogen-bond acceptors (Lipinski definition) is 3. The Hall–Kier alpha value is -1.09. The second-order valence-electron chi connectivity index (χ2n) is 4.34. The summed E-state index contributed by atoms with van der Waals surface area (Å²) >= 11 is 0. The number of aromatic nitrogens is 1. The van der Waals surface area contributed by atoms with Crippen molar-refractivity contribution in [2.24, 2.45) is 5.73 Å². The molecule has 1 rings (SSSR count). The molecule has 0 aliphatic carbocycles. The van der Waals surface area contributed by atoms with E-state index in [4.69, 9.17) is 10.5 Å². The average molecular weight is 236 g/mol. The van der Waals surface area contributed by atoms with Crippen LogP contribution in [0.3, 0.4) is 0 Å². The molecule has 0 saturated carbocycles. The number of nitrogens with zero attached hydrogens (tertiary/aromatic N) is 1. The molecule has 17 heavy (non-hydrogen) atoms. The Morgan fingerprint density at radius 3 is 2.76 bits per heavy atom. The van der Waals surface area contributed by atoms with Crippen molar-refractivity contribution >= 4 is 0 Å². The molecule has 3 heteroatoms. The zero-order chi connectivity index (χ0) is 12.5. The summed E-state index contributed by atoms with van der Waals surface area (Å²) in [6, 6.07) is 2.08. The fourth-order valence-corrected chi connectivity index (χ4v) is 1.84. The SMILES string of the molecule is CCCCCCC(N)c1cncc(OCC)c1. The van der Waals surface area contributed by atoms with Gasteiger partial charge in [0, 0.05) is 12.2 Å². The molecule has 0 saturated heterocycles. The van der Waals surface area contributed by atoms with Crippen molar-refractivity contribution < 1.29 is 4.74 Å². The zero-order valence-corrected chi connectivity index (χ0v) is 11.0. The van der Waals surface area contributed by atoms with Gasteiger partial charge >= 0.3 is 0 Å². The van der Waals surface area contributed by atoms with Gasteiger partial charge in [0.1, 0.15) is 5.75 Å². The minimum Gasteiger partial charge on any atom is -0.492 e. The van der Waals surface area contributed by atoms with Crippen LogP contribution in [0.5, 0.6) is 5.75 Å². The second kappa shape index (κ2) is 8.07. The third-order valence-electron chi connectivity index (χ3n) is 2.84. The lowest BCUT2D eigenvalue weighted by Crippen LogP contribution is -2.10. The number of nitrogens with two attached hydrogens (primary N) is 1. The van der Waals surface area contributed by atoms with Gasteiger partial charge in [0.25, 0.3) is 0 Å². The van der Waals surface area contributed by atoms with Crippen molar-refractivity contribution in [3.8, 4) is 5.75 Å².